The summed E-state index contributed by atoms with van der Waals surface area (Å²) >= 11 is 0. The highest BCUT2D eigenvalue weighted by Gasteiger charge is 2.23. The summed E-state index contributed by atoms with van der Waals surface area (Å²) in [6, 6.07) is 3.47. The van der Waals surface area contributed by atoms with Gasteiger partial charge >= 0.3 is 0 Å². The molecular formula is C16H23F2NO. The lowest BCUT2D eigenvalue weighted by atomic mass is 9.85. The fourth-order valence-corrected chi connectivity index (χ4v) is 2.90. The summed E-state index contributed by atoms with van der Waals surface area (Å²) in [7, 11) is 0. The molecule has 1 saturated carbocycles. The van der Waals surface area contributed by atoms with Crippen molar-refractivity contribution >= 4 is 0 Å². The van der Waals surface area contributed by atoms with E-state index in [4.69, 9.17) is 10.5 Å². The van der Waals surface area contributed by atoms with Gasteiger partial charge in [-0.25, -0.2) is 8.78 Å². The second-order valence-corrected chi connectivity index (χ2v) is 5.65. The van der Waals surface area contributed by atoms with Gasteiger partial charge in [0, 0.05) is 5.56 Å². The van der Waals surface area contributed by atoms with E-state index in [2.05, 4.69) is 6.92 Å². The quantitative estimate of drug-likeness (QED) is 0.888. The van der Waals surface area contributed by atoms with Crippen LogP contribution in [0, 0.1) is 17.6 Å². The first-order valence-corrected chi connectivity index (χ1v) is 7.42. The predicted molar refractivity (Wildman–Crippen MR) is 75.3 cm³/mol. The Morgan fingerprint density at radius 1 is 1.35 bits per heavy atom. The van der Waals surface area contributed by atoms with Gasteiger partial charge in [-0.2, -0.15) is 0 Å². The van der Waals surface area contributed by atoms with Crippen molar-refractivity contribution in [3.05, 3.63) is 35.4 Å². The maximum Gasteiger partial charge on any atom is 0.163 e. The van der Waals surface area contributed by atoms with Gasteiger partial charge in [0.25, 0.3) is 0 Å². The van der Waals surface area contributed by atoms with Gasteiger partial charge in [0.2, 0.25) is 0 Å². The van der Waals surface area contributed by atoms with Gasteiger partial charge in [-0.05, 0) is 24.8 Å². The minimum Gasteiger partial charge on any atom is -0.376 e. The summed E-state index contributed by atoms with van der Waals surface area (Å²) in [6.07, 6.45) is 5.90. The summed E-state index contributed by atoms with van der Waals surface area (Å²) < 4.78 is 32.6. The number of nitrogens with two attached hydrogens (primary N) is 1. The van der Waals surface area contributed by atoms with E-state index < -0.39 is 17.7 Å². The second kappa shape index (κ2) is 7.14. The molecule has 1 fully saturated rings. The van der Waals surface area contributed by atoms with Gasteiger partial charge < -0.3 is 10.5 Å². The highest BCUT2D eigenvalue weighted by molar-refractivity contribution is 5.22. The molecule has 0 aliphatic heterocycles. The van der Waals surface area contributed by atoms with Gasteiger partial charge in [0.15, 0.2) is 11.6 Å². The second-order valence-electron chi connectivity index (χ2n) is 5.65. The van der Waals surface area contributed by atoms with Crippen molar-refractivity contribution in [1.29, 1.82) is 0 Å². The van der Waals surface area contributed by atoms with Crippen LogP contribution in [0.25, 0.3) is 0 Å². The molecule has 2 N–H and O–H groups in total. The van der Waals surface area contributed by atoms with Crippen LogP contribution >= 0.6 is 0 Å². The average Bonchev–Trinajstić information content (AvgIpc) is 2.48. The molecule has 1 aromatic rings. The van der Waals surface area contributed by atoms with E-state index in [1.165, 1.54) is 31.4 Å². The van der Waals surface area contributed by atoms with Crippen molar-refractivity contribution in [3.8, 4) is 0 Å². The standard InChI is InChI=1S/C16H23F2NO/c1-2-11-5-3-6-12(9-11)20-10-15(19)13-7-4-8-14(17)16(13)18/h4,7-8,11-12,15H,2-3,5-6,9-10,19H2,1H3. The van der Waals surface area contributed by atoms with Crippen LogP contribution in [0.4, 0.5) is 8.78 Å². The van der Waals surface area contributed by atoms with E-state index in [0.717, 1.165) is 24.8 Å². The van der Waals surface area contributed by atoms with Crippen LogP contribution in [0.2, 0.25) is 0 Å². The Morgan fingerprint density at radius 3 is 2.90 bits per heavy atom. The SMILES string of the molecule is CCC1CCCC(OCC(N)c2cccc(F)c2F)C1. The molecule has 3 atom stereocenters. The van der Waals surface area contributed by atoms with Gasteiger partial charge in [-0.3, -0.25) is 0 Å². The monoisotopic (exact) mass is 283 g/mol. The Bertz CT molecular complexity index is 438. The van der Waals surface area contributed by atoms with Crippen LogP contribution in [-0.4, -0.2) is 12.7 Å². The molecule has 1 aliphatic carbocycles. The lowest BCUT2D eigenvalue weighted by Gasteiger charge is -2.29. The van der Waals surface area contributed by atoms with E-state index in [9.17, 15) is 8.78 Å². The molecule has 3 unspecified atom stereocenters. The zero-order chi connectivity index (χ0) is 14.5. The molecule has 0 heterocycles. The summed E-state index contributed by atoms with van der Waals surface area (Å²) in [5, 5.41) is 0. The molecule has 4 heteroatoms. The minimum atomic E-state index is -0.862. The molecule has 2 rings (SSSR count). The first-order chi connectivity index (χ1) is 9.61. The third-order valence-electron chi connectivity index (χ3n) is 4.20. The first-order valence-electron chi connectivity index (χ1n) is 7.42. The van der Waals surface area contributed by atoms with E-state index >= 15 is 0 Å². The predicted octanol–water partition coefficient (Wildman–Crippen LogP) is 3.95. The highest BCUT2D eigenvalue weighted by Crippen LogP contribution is 2.29. The Balaban J connectivity index is 1.88. The molecule has 1 aromatic carbocycles. The molecule has 112 valence electrons. The Hall–Kier alpha value is -1.00. The molecule has 0 aromatic heterocycles. The van der Waals surface area contributed by atoms with Crippen LogP contribution in [0.1, 0.15) is 50.6 Å². The zero-order valence-electron chi connectivity index (χ0n) is 11.9. The number of rotatable bonds is 5. The molecule has 0 saturated heterocycles. The molecular weight excluding hydrogens is 260 g/mol. The lowest BCUT2D eigenvalue weighted by molar-refractivity contribution is 0.00522. The molecule has 0 bridgehead atoms. The van der Waals surface area contributed by atoms with Crippen molar-refractivity contribution in [3.63, 3.8) is 0 Å². The molecule has 1 aliphatic rings. The number of ether oxygens (including phenoxy) is 1. The first kappa shape index (κ1) is 15.4. The number of benzene rings is 1. The van der Waals surface area contributed by atoms with Crippen molar-refractivity contribution in [2.24, 2.45) is 11.7 Å². The van der Waals surface area contributed by atoms with Crippen molar-refractivity contribution in [1.82, 2.24) is 0 Å². The number of halogens is 2. The summed E-state index contributed by atoms with van der Waals surface area (Å²) in [6.45, 7) is 2.43. The van der Waals surface area contributed by atoms with Gasteiger partial charge in [-0.1, -0.05) is 38.3 Å². The van der Waals surface area contributed by atoms with Crippen molar-refractivity contribution in [2.75, 3.05) is 6.61 Å². The van der Waals surface area contributed by atoms with E-state index in [1.54, 1.807) is 0 Å². The maximum atomic E-state index is 13.6. The average molecular weight is 283 g/mol. The van der Waals surface area contributed by atoms with Crippen LogP contribution in [0.5, 0.6) is 0 Å². The number of hydrogen-bond donors (Lipinski definition) is 1. The number of hydrogen-bond acceptors (Lipinski definition) is 2. The summed E-state index contributed by atoms with van der Waals surface area (Å²) in [5.41, 5.74) is 6.11. The summed E-state index contributed by atoms with van der Waals surface area (Å²) in [5.74, 6) is -1.00. The minimum absolute atomic E-state index is 0.188. The van der Waals surface area contributed by atoms with Gasteiger partial charge in [-0.15, -0.1) is 0 Å². The van der Waals surface area contributed by atoms with Crippen LogP contribution in [0.3, 0.4) is 0 Å². The smallest absolute Gasteiger partial charge is 0.163 e. The molecule has 20 heavy (non-hydrogen) atoms. The Labute approximate surface area is 119 Å². The van der Waals surface area contributed by atoms with E-state index in [1.807, 2.05) is 0 Å². The third kappa shape index (κ3) is 3.76. The van der Waals surface area contributed by atoms with E-state index in [0.29, 0.717) is 0 Å². The molecule has 0 radical (unpaired) electrons. The van der Waals surface area contributed by atoms with E-state index in [-0.39, 0.29) is 18.3 Å². The Morgan fingerprint density at radius 2 is 2.15 bits per heavy atom. The van der Waals surface area contributed by atoms with Gasteiger partial charge in [0.1, 0.15) is 0 Å². The van der Waals surface area contributed by atoms with Crippen LogP contribution in [-0.2, 0) is 4.74 Å². The molecule has 2 nitrogen and oxygen atoms in total. The lowest BCUT2D eigenvalue weighted by Crippen LogP contribution is -2.27. The zero-order valence-corrected chi connectivity index (χ0v) is 11.9. The van der Waals surface area contributed by atoms with Crippen molar-refractivity contribution in [2.45, 2.75) is 51.2 Å². The fraction of sp³-hybridized carbons (Fsp3) is 0.625. The summed E-state index contributed by atoms with van der Waals surface area (Å²) in [4.78, 5) is 0. The molecule has 0 amide bonds. The Kier molecular flexibility index (Phi) is 5.49. The topological polar surface area (TPSA) is 35.2 Å². The van der Waals surface area contributed by atoms with Gasteiger partial charge in [0.05, 0.1) is 18.8 Å². The largest absolute Gasteiger partial charge is 0.376 e. The maximum absolute atomic E-state index is 13.6. The van der Waals surface area contributed by atoms with Crippen molar-refractivity contribution < 1.29 is 13.5 Å². The highest BCUT2D eigenvalue weighted by atomic mass is 19.2. The van der Waals surface area contributed by atoms with Crippen LogP contribution < -0.4 is 5.73 Å². The third-order valence-corrected chi connectivity index (χ3v) is 4.20. The van der Waals surface area contributed by atoms with Crippen LogP contribution in [0.15, 0.2) is 18.2 Å². The normalized spacial score (nSPS) is 24.6. The molecule has 0 spiro atoms. The fourth-order valence-electron chi connectivity index (χ4n) is 2.90.